The number of thioether (sulfide) groups is 1. The van der Waals surface area contributed by atoms with E-state index in [1.807, 2.05) is 35.0 Å². The Labute approximate surface area is 193 Å². The third-order valence-corrected chi connectivity index (χ3v) is 6.31. The van der Waals surface area contributed by atoms with Crippen molar-refractivity contribution in [2.75, 3.05) is 24.8 Å². The molecule has 0 radical (unpaired) electrons. The second kappa shape index (κ2) is 9.74. The number of aromatic amines is 1. The lowest BCUT2D eigenvalue weighted by atomic mass is 10.1. The number of fused-ring (bicyclic) bond motifs is 1. The van der Waals surface area contributed by atoms with Crippen LogP contribution in [0.25, 0.3) is 22.3 Å². The first kappa shape index (κ1) is 21.7. The van der Waals surface area contributed by atoms with E-state index >= 15 is 0 Å². The minimum absolute atomic E-state index is 0.166. The molecule has 1 amide bonds. The van der Waals surface area contributed by atoms with Gasteiger partial charge in [-0.2, -0.15) is 0 Å². The van der Waals surface area contributed by atoms with E-state index in [1.54, 1.807) is 25.3 Å². The molecule has 0 unspecified atom stereocenters. The number of para-hydroxylation sites is 1. The summed E-state index contributed by atoms with van der Waals surface area (Å²) in [5.41, 5.74) is 2.56. The molecule has 10 heteroatoms. The lowest BCUT2D eigenvalue weighted by Crippen LogP contribution is -2.15. The van der Waals surface area contributed by atoms with Crippen molar-refractivity contribution in [3.05, 3.63) is 58.7 Å². The molecule has 0 fully saturated rings. The molecule has 0 aliphatic rings. The number of methoxy groups -OCH3 is 1. The number of ether oxygens (including phenoxy) is 1. The highest BCUT2D eigenvalue weighted by Crippen LogP contribution is 2.30. The van der Waals surface area contributed by atoms with Crippen LogP contribution in [0.1, 0.15) is 0 Å². The Hall–Kier alpha value is -2.52. The predicted octanol–water partition coefficient (Wildman–Crippen LogP) is 5.11. The fourth-order valence-corrected chi connectivity index (χ4v) is 4.20. The molecule has 31 heavy (non-hydrogen) atoms. The van der Waals surface area contributed by atoms with Gasteiger partial charge in [0.25, 0.3) is 0 Å². The van der Waals surface area contributed by atoms with Crippen LogP contribution >= 0.6 is 35.0 Å². The molecule has 160 valence electrons. The summed E-state index contributed by atoms with van der Waals surface area (Å²) < 4.78 is 7.23. The van der Waals surface area contributed by atoms with Crippen LogP contribution < -0.4 is 5.32 Å². The summed E-state index contributed by atoms with van der Waals surface area (Å²) in [6.45, 7) is 1.06. The van der Waals surface area contributed by atoms with Gasteiger partial charge in [-0.15, -0.1) is 10.2 Å². The normalized spacial score (nSPS) is 11.2. The van der Waals surface area contributed by atoms with Crippen molar-refractivity contribution in [2.45, 2.75) is 11.7 Å². The Balaban J connectivity index is 1.52. The van der Waals surface area contributed by atoms with Crippen LogP contribution in [0.5, 0.6) is 0 Å². The zero-order valence-electron chi connectivity index (χ0n) is 16.6. The summed E-state index contributed by atoms with van der Waals surface area (Å²) in [6.07, 6.45) is 1.92. The Morgan fingerprint density at radius 2 is 2.03 bits per heavy atom. The van der Waals surface area contributed by atoms with Crippen molar-refractivity contribution in [2.24, 2.45) is 0 Å². The van der Waals surface area contributed by atoms with Gasteiger partial charge in [-0.25, -0.2) is 0 Å². The summed E-state index contributed by atoms with van der Waals surface area (Å²) in [7, 11) is 1.65. The van der Waals surface area contributed by atoms with E-state index in [0.29, 0.717) is 34.0 Å². The summed E-state index contributed by atoms with van der Waals surface area (Å²) in [5.74, 6) is 0.708. The van der Waals surface area contributed by atoms with Gasteiger partial charge in [-0.1, -0.05) is 53.2 Å². The quantitative estimate of drug-likeness (QED) is 0.345. The van der Waals surface area contributed by atoms with Gasteiger partial charge in [0.2, 0.25) is 5.91 Å². The largest absolute Gasteiger partial charge is 0.383 e. The number of hydrogen-bond donors (Lipinski definition) is 2. The molecule has 0 aliphatic heterocycles. The second-order valence-corrected chi connectivity index (χ2v) is 8.42. The van der Waals surface area contributed by atoms with Crippen molar-refractivity contribution >= 4 is 57.5 Å². The molecule has 2 heterocycles. The number of H-pyrrole nitrogens is 1. The van der Waals surface area contributed by atoms with E-state index in [1.165, 1.54) is 11.8 Å². The number of amides is 1. The number of carbonyl (C=O) groups is 1. The highest BCUT2D eigenvalue weighted by Gasteiger charge is 2.18. The Kier molecular flexibility index (Phi) is 6.82. The van der Waals surface area contributed by atoms with Gasteiger partial charge < -0.3 is 15.0 Å². The zero-order chi connectivity index (χ0) is 21.8. The van der Waals surface area contributed by atoms with Gasteiger partial charge in [-0.3, -0.25) is 9.36 Å². The molecule has 2 aromatic heterocycles. The molecular weight excluding hydrogens is 457 g/mol. The molecule has 4 aromatic rings. The fourth-order valence-electron chi connectivity index (χ4n) is 3.14. The monoisotopic (exact) mass is 475 g/mol. The third kappa shape index (κ3) is 4.88. The predicted molar refractivity (Wildman–Crippen MR) is 125 cm³/mol. The number of nitrogens with zero attached hydrogens (tertiary/aromatic N) is 3. The first-order valence-electron chi connectivity index (χ1n) is 9.43. The van der Waals surface area contributed by atoms with E-state index in [4.69, 9.17) is 27.9 Å². The first-order chi connectivity index (χ1) is 15.1. The molecule has 0 bridgehead atoms. The smallest absolute Gasteiger partial charge is 0.234 e. The van der Waals surface area contributed by atoms with Crippen molar-refractivity contribution in [3.8, 4) is 11.4 Å². The van der Waals surface area contributed by atoms with Crippen LogP contribution in [0, 0.1) is 0 Å². The minimum atomic E-state index is -0.182. The van der Waals surface area contributed by atoms with E-state index in [9.17, 15) is 4.79 Å². The van der Waals surface area contributed by atoms with Gasteiger partial charge in [0.15, 0.2) is 11.0 Å². The summed E-state index contributed by atoms with van der Waals surface area (Å²) >= 11 is 13.2. The van der Waals surface area contributed by atoms with Crippen LogP contribution in [0.4, 0.5) is 5.69 Å². The number of halogens is 2. The fraction of sp³-hybridized carbons (Fsp3) is 0.190. The van der Waals surface area contributed by atoms with Crippen molar-refractivity contribution in [1.82, 2.24) is 19.7 Å². The van der Waals surface area contributed by atoms with Crippen LogP contribution in [-0.4, -0.2) is 45.1 Å². The number of nitrogens with one attached hydrogen (secondary N) is 2. The molecule has 0 saturated carbocycles. The van der Waals surface area contributed by atoms with Gasteiger partial charge >= 0.3 is 0 Å². The molecule has 0 spiro atoms. The zero-order valence-corrected chi connectivity index (χ0v) is 18.9. The van der Waals surface area contributed by atoms with Crippen molar-refractivity contribution in [3.63, 3.8) is 0 Å². The number of anilines is 1. The standard InChI is InChI=1S/C21H19Cl2N5O2S/c1-30-9-8-28-20(15-11-24-18-5-3-2-4-14(15)18)26-27-21(28)31-12-19(29)25-13-6-7-16(22)17(23)10-13/h2-7,10-11,24H,8-9,12H2,1H3,(H,25,29). The molecule has 2 N–H and O–H groups in total. The number of carbonyl (C=O) groups excluding carboxylic acids is 1. The van der Waals surface area contributed by atoms with Crippen LogP contribution in [0.2, 0.25) is 10.0 Å². The average Bonchev–Trinajstić information content (AvgIpc) is 3.37. The Morgan fingerprint density at radius 1 is 1.19 bits per heavy atom. The lowest BCUT2D eigenvalue weighted by molar-refractivity contribution is -0.113. The Bertz CT molecular complexity index is 1220. The highest BCUT2D eigenvalue weighted by atomic mass is 35.5. The molecule has 7 nitrogen and oxygen atoms in total. The average molecular weight is 476 g/mol. The van der Waals surface area contributed by atoms with Gasteiger partial charge in [-0.05, 0) is 24.3 Å². The molecule has 4 rings (SSSR count). The van der Waals surface area contributed by atoms with Gasteiger partial charge in [0.1, 0.15) is 0 Å². The van der Waals surface area contributed by atoms with Crippen LogP contribution in [0.3, 0.4) is 0 Å². The lowest BCUT2D eigenvalue weighted by Gasteiger charge is -2.10. The van der Waals surface area contributed by atoms with E-state index in [2.05, 4.69) is 20.5 Å². The second-order valence-electron chi connectivity index (χ2n) is 6.66. The summed E-state index contributed by atoms with van der Waals surface area (Å²) in [4.78, 5) is 15.7. The molecular formula is C21H19Cl2N5O2S. The SMILES string of the molecule is COCCn1c(SCC(=O)Nc2ccc(Cl)c(Cl)c2)nnc1-c1c[nH]c2ccccc12. The van der Waals surface area contributed by atoms with Crippen LogP contribution in [0.15, 0.2) is 53.8 Å². The number of hydrogen-bond acceptors (Lipinski definition) is 5. The Morgan fingerprint density at radius 3 is 2.84 bits per heavy atom. The minimum Gasteiger partial charge on any atom is -0.383 e. The maximum atomic E-state index is 12.4. The van der Waals surface area contributed by atoms with E-state index in [-0.39, 0.29) is 11.7 Å². The van der Waals surface area contributed by atoms with E-state index < -0.39 is 0 Å². The maximum absolute atomic E-state index is 12.4. The van der Waals surface area contributed by atoms with Gasteiger partial charge in [0, 0.05) is 35.5 Å². The molecule has 0 saturated heterocycles. The summed E-state index contributed by atoms with van der Waals surface area (Å²) in [6, 6.07) is 13.0. The number of benzene rings is 2. The summed E-state index contributed by atoms with van der Waals surface area (Å²) in [5, 5.41) is 14.1. The van der Waals surface area contributed by atoms with E-state index in [0.717, 1.165) is 22.3 Å². The number of aromatic nitrogens is 4. The van der Waals surface area contributed by atoms with Gasteiger partial charge in [0.05, 0.1) is 28.9 Å². The third-order valence-electron chi connectivity index (χ3n) is 4.60. The van der Waals surface area contributed by atoms with Crippen molar-refractivity contribution in [1.29, 1.82) is 0 Å². The molecule has 0 atom stereocenters. The highest BCUT2D eigenvalue weighted by molar-refractivity contribution is 7.99. The number of rotatable bonds is 8. The van der Waals surface area contributed by atoms with Crippen LogP contribution in [-0.2, 0) is 16.1 Å². The maximum Gasteiger partial charge on any atom is 0.234 e. The van der Waals surface area contributed by atoms with Crippen molar-refractivity contribution < 1.29 is 9.53 Å². The molecule has 2 aromatic carbocycles. The first-order valence-corrected chi connectivity index (χ1v) is 11.2. The molecule has 0 aliphatic carbocycles. The topological polar surface area (TPSA) is 84.8 Å².